The van der Waals surface area contributed by atoms with Gasteiger partial charge in [-0.05, 0) is 25.1 Å². The molecule has 1 amide bonds. The third kappa shape index (κ3) is 5.26. The van der Waals surface area contributed by atoms with Crippen molar-refractivity contribution >= 4 is 17.2 Å². The van der Waals surface area contributed by atoms with E-state index in [0.29, 0.717) is 11.3 Å². The minimum Gasteiger partial charge on any atom is -0.497 e. The molecule has 180 valence electrons. The van der Waals surface area contributed by atoms with Gasteiger partial charge in [0.2, 0.25) is 0 Å². The van der Waals surface area contributed by atoms with Gasteiger partial charge in [-0.2, -0.15) is 0 Å². The number of nitrogens with one attached hydrogen (secondary N) is 1. The van der Waals surface area contributed by atoms with Gasteiger partial charge < -0.3 is 14.6 Å². The average Bonchev–Trinajstić information content (AvgIpc) is 3.48. The first-order valence-electron chi connectivity index (χ1n) is 11.7. The Bertz CT molecular complexity index is 1300. The molecule has 0 fully saturated rings. The first kappa shape index (κ1) is 23.2. The van der Waals surface area contributed by atoms with E-state index >= 15 is 0 Å². The summed E-state index contributed by atoms with van der Waals surface area (Å²) in [7, 11) is 1.59. The third-order valence-electron chi connectivity index (χ3n) is 6.17. The molecule has 0 saturated heterocycles. The lowest BCUT2D eigenvalue weighted by molar-refractivity contribution is 0.0937. The van der Waals surface area contributed by atoms with Crippen LogP contribution in [0.5, 0.6) is 5.75 Å². The Balaban J connectivity index is 1.22. The van der Waals surface area contributed by atoms with E-state index in [-0.39, 0.29) is 11.9 Å². The van der Waals surface area contributed by atoms with Crippen molar-refractivity contribution in [1.82, 2.24) is 30.0 Å². The lowest BCUT2D eigenvalue weighted by Crippen LogP contribution is -2.30. The minimum absolute atomic E-state index is 0.164. The quantitative estimate of drug-likeness (QED) is 0.424. The number of methoxy groups -OCH3 is 1. The predicted octanol–water partition coefficient (Wildman–Crippen LogP) is 3.96. The van der Waals surface area contributed by atoms with Gasteiger partial charge in [-0.1, -0.05) is 36.4 Å². The molecule has 2 aromatic heterocycles. The zero-order valence-corrected chi connectivity index (χ0v) is 20.7. The Morgan fingerprint density at radius 1 is 1.11 bits per heavy atom. The fourth-order valence-electron chi connectivity index (χ4n) is 4.29. The van der Waals surface area contributed by atoms with Gasteiger partial charge in [0.15, 0.2) is 5.82 Å². The molecule has 0 unspecified atom stereocenters. The standard InChI is InChI=1S/C26H28N6O2S/c1-18(28-25(33)20-9-6-10-21(15-20)34-2)24-30-29-23-11-12-31(13-14-32(23)24)17-22-16-27-26(35-22)19-7-4-3-5-8-19/h3-10,15-16,18H,11-14,17H2,1-2H3,(H,28,33)/t18-/m1/s1. The van der Waals surface area contributed by atoms with Gasteiger partial charge in [-0.25, -0.2) is 4.98 Å². The van der Waals surface area contributed by atoms with Crippen molar-refractivity contribution in [3.05, 3.63) is 82.9 Å². The molecule has 1 N–H and O–H groups in total. The smallest absolute Gasteiger partial charge is 0.251 e. The van der Waals surface area contributed by atoms with Gasteiger partial charge in [0, 0.05) is 54.8 Å². The lowest BCUT2D eigenvalue weighted by Gasteiger charge is -2.19. The number of fused-ring (bicyclic) bond motifs is 1. The lowest BCUT2D eigenvalue weighted by atomic mass is 10.2. The largest absolute Gasteiger partial charge is 0.497 e. The molecular formula is C26H28N6O2S. The predicted molar refractivity (Wildman–Crippen MR) is 135 cm³/mol. The van der Waals surface area contributed by atoms with Crippen LogP contribution in [0.2, 0.25) is 0 Å². The molecule has 0 aliphatic carbocycles. The van der Waals surface area contributed by atoms with Crippen LogP contribution in [0.4, 0.5) is 0 Å². The highest BCUT2D eigenvalue weighted by Gasteiger charge is 2.23. The number of hydrogen-bond donors (Lipinski definition) is 1. The summed E-state index contributed by atoms with van der Waals surface area (Å²) in [6.07, 6.45) is 2.80. The van der Waals surface area contributed by atoms with Gasteiger partial charge in [0.25, 0.3) is 5.91 Å². The zero-order valence-electron chi connectivity index (χ0n) is 19.8. The molecule has 8 nitrogen and oxygen atoms in total. The Labute approximate surface area is 208 Å². The monoisotopic (exact) mass is 488 g/mol. The van der Waals surface area contributed by atoms with Crippen LogP contribution in [0.25, 0.3) is 10.6 Å². The van der Waals surface area contributed by atoms with E-state index in [2.05, 4.69) is 42.1 Å². The molecule has 35 heavy (non-hydrogen) atoms. The highest BCUT2D eigenvalue weighted by Crippen LogP contribution is 2.26. The number of aromatic nitrogens is 4. The summed E-state index contributed by atoms with van der Waals surface area (Å²) in [6.45, 7) is 5.37. The molecule has 0 spiro atoms. The molecule has 4 aromatic rings. The van der Waals surface area contributed by atoms with Crippen molar-refractivity contribution in [2.24, 2.45) is 0 Å². The summed E-state index contributed by atoms with van der Waals surface area (Å²) in [5, 5.41) is 13.0. The van der Waals surface area contributed by atoms with E-state index in [4.69, 9.17) is 4.74 Å². The van der Waals surface area contributed by atoms with Crippen LogP contribution in [-0.4, -0.2) is 50.8 Å². The maximum atomic E-state index is 12.8. The Morgan fingerprint density at radius 2 is 1.97 bits per heavy atom. The summed E-state index contributed by atoms with van der Waals surface area (Å²) >= 11 is 1.74. The van der Waals surface area contributed by atoms with Crippen LogP contribution in [0.15, 0.2) is 60.8 Å². The van der Waals surface area contributed by atoms with Crippen LogP contribution in [-0.2, 0) is 19.5 Å². The first-order chi connectivity index (χ1) is 17.1. The maximum absolute atomic E-state index is 12.8. The zero-order chi connectivity index (χ0) is 24.2. The number of carbonyl (C=O) groups is 1. The van der Waals surface area contributed by atoms with Gasteiger partial charge >= 0.3 is 0 Å². The summed E-state index contributed by atoms with van der Waals surface area (Å²) in [5.41, 5.74) is 1.71. The van der Waals surface area contributed by atoms with Crippen LogP contribution in [0, 0.1) is 0 Å². The van der Waals surface area contributed by atoms with Crippen molar-refractivity contribution in [3.63, 3.8) is 0 Å². The van der Waals surface area contributed by atoms with Gasteiger partial charge in [-0.3, -0.25) is 9.69 Å². The number of carbonyl (C=O) groups excluding carboxylic acids is 1. The molecule has 1 atom stereocenters. The number of thiazole rings is 1. The molecule has 0 bridgehead atoms. The number of rotatable bonds is 7. The van der Waals surface area contributed by atoms with E-state index in [9.17, 15) is 4.79 Å². The van der Waals surface area contributed by atoms with E-state index in [1.807, 2.05) is 43.5 Å². The summed E-state index contributed by atoms with van der Waals surface area (Å²) < 4.78 is 7.38. The first-order valence-corrected chi connectivity index (χ1v) is 12.5. The fraction of sp³-hybridized carbons (Fsp3) is 0.308. The number of nitrogens with zero attached hydrogens (tertiary/aromatic N) is 5. The van der Waals surface area contributed by atoms with Crippen molar-refractivity contribution in [1.29, 1.82) is 0 Å². The van der Waals surface area contributed by atoms with Crippen molar-refractivity contribution in [2.45, 2.75) is 32.5 Å². The molecular weight excluding hydrogens is 460 g/mol. The summed E-state index contributed by atoms with van der Waals surface area (Å²) in [6, 6.07) is 17.1. The molecule has 5 rings (SSSR count). The van der Waals surface area contributed by atoms with Gasteiger partial charge in [-0.15, -0.1) is 21.5 Å². The second-order valence-corrected chi connectivity index (χ2v) is 9.69. The summed E-state index contributed by atoms with van der Waals surface area (Å²) in [5.74, 6) is 2.23. The van der Waals surface area contributed by atoms with Gasteiger partial charge in [0.05, 0.1) is 13.2 Å². The highest BCUT2D eigenvalue weighted by molar-refractivity contribution is 7.15. The highest BCUT2D eigenvalue weighted by atomic mass is 32.1. The molecule has 1 aliphatic heterocycles. The second-order valence-electron chi connectivity index (χ2n) is 8.58. The molecule has 1 aliphatic rings. The maximum Gasteiger partial charge on any atom is 0.251 e. The van der Waals surface area contributed by atoms with Crippen molar-refractivity contribution in [2.75, 3.05) is 20.2 Å². The van der Waals surface area contributed by atoms with E-state index in [1.54, 1.807) is 30.6 Å². The van der Waals surface area contributed by atoms with E-state index in [0.717, 1.165) is 54.8 Å². The Hall–Kier alpha value is -3.56. The topological polar surface area (TPSA) is 85.2 Å². The minimum atomic E-state index is -0.267. The SMILES string of the molecule is COc1cccc(C(=O)N[C@H](C)c2nnc3n2CCN(Cc2cnc(-c4ccccc4)s2)CC3)c1. The Morgan fingerprint density at radius 3 is 2.80 bits per heavy atom. The molecule has 9 heteroatoms. The third-order valence-corrected chi connectivity index (χ3v) is 7.20. The fourth-order valence-corrected chi connectivity index (χ4v) is 5.25. The van der Waals surface area contributed by atoms with E-state index < -0.39 is 0 Å². The van der Waals surface area contributed by atoms with Crippen LogP contribution < -0.4 is 10.1 Å². The number of hydrogen-bond acceptors (Lipinski definition) is 7. The Kier molecular flexibility index (Phi) is 6.87. The van der Waals surface area contributed by atoms with Crippen molar-refractivity contribution < 1.29 is 9.53 Å². The molecule has 2 aromatic carbocycles. The normalized spacial score (nSPS) is 14.7. The molecule has 0 saturated carbocycles. The van der Waals surface area contributed by atoms with Crippen LogP contribution in [0.3, 0.4) is 0 Å². The average molecular weight is 489 g/mol. The molecule has 0 radical (unpaired) electrons. The number of amides is 1. The second kappa shape index (κ2) is 10.4. The van der Waals surface area contributed by atoms with Crippen LogP contribution >= 0.6 is 11.3 Å². The van der Waals surface area contributed by atoms with E-state index in [1.165, 1.54) is 4.88 Å². The number of ether oxygens (including phenoxy) is 1. The van der Waals surface area contributed by atoms with Crippen LogP contribution in [0.1, 0.15) is 39.8 Å². The molecule has 3 heterocycles. The van der Waals surface area contributed by atoms with Gasteiger partial charge in [0.1, 0.15) is 16.6 Å². The number of benzene rings is 2. The summed E-state index contributed by atoms with van der Waals surface area (Å²) in [4.78, 5) is 21.1. The van der Waals surface area contributed by atoms with Crippen molar-refractivity contribution in [3.8, 4) is 16.3 Å².